The summed E-state index contributed by atoms with van der Waals surface area (Å²) in [4.78, 5) is 2.83. The molecule has 1 aliphatic heterocycles. The average Bonchev–Trinajstić information content (AvgIpc) is 2.56. The molecule has 1 unspecified atom stereocenters. The van der Waals surface area contributed by atoms with Crippen molar-refractivity contribution in [3.05, 3.63) is 35.9 Å². The Hall–Kier alpha value is -0.820. The molecule has 1 saturated heterocycles. The van der Waals surface area contributed by atoms with Gasteiger partial charge in [0.05, 0.1) is 0 Å². The van der Waals surface area contributed by atoms with Crippen LogP contribution in [-0.2, 0) is 0 Å². The van der Waals surface area contributed by atoms with Gasteiger partial charge < -0.3 is 0 Å². The van der Waals surface area contributed by atoms with E-state index in [-0.39, 0.29) is 0 Å². The number of hydrogen-bond acceptors (Lipinski definition) is 1. The maximum Gasteiger partial charge on any atom is 0.0351 e. The van der Waals surface area contributed by atoms with Gasteiger partial charge in [-0.1, -0.05) is 56.0 Å². The van der Waals surface area contributed by atoms with E-state index in [2.05, 4.69) is 42.2 Å². The molecule has 0 amide bonds. The summed E-state index contributed by atoms with van der Waals surface area (Å²) in [7, 11) is 0. The molecular formula is C19H29N. The molecule has 20 heavy (non-hydrogen) atoms. The summed E-state index contributed by atoms with van der Waals surface area (Å²) < 4.78 is 0. The Bertz CT molecular complexity index is 393. The SMILES string of the molecule is C[C@@H](C1CCCCC1)N1CCCCC1c1ccccc1. The van der Waals surface area contributed by atoms with Crippen LogP contribution < -0.4 is 0 Å². The van der Waals surface area contributed by atoms with E-state index in [0.717, 1.165) is 12.0 Å². The van der Waals surface area contributed by atoms with E-state index in [1.807, 2.05) is 0 Å². The first-order valence-electron chi connectivity index (χ1n) is 8.67. The zero-order valence-corrected chi connectivity index (χ0v) is 12.9. The van der Waals surface area contributed by atoms with Gasteiger partial charge in [-0.25, -0.2) is 0 Å². The third-order valence-electron chi connectivity index (χ3n) is 5.58. The third kappa shape index (κ3) is 3.09. The fourth-order valence-corrected chi connectivity index (χ4v) is 4.36. The lowest BCUT2D eigenvalue weighted by Crippen LogP contribution is -2.44. The van der Waals surface area contributed by atoms with Gasteiger partial charge in [0.25, 0.3) is 0 Å². The predicted octanol–water partition coefficient (Wildman–Crippen LogP) is 5.18. The van der Waals surface area contributed by atoms with E-state index < -0.39 is 0 Å². The standard InChI is InChI=1S/C19H29N/c1-16(17-10-4-2-5-11-17)20-15-9-8-14-19(20)18-12-6-3-7-13-18/h3,6-7,12-13,16-17,19H,2,4-5,8-11,14-15H2,1H3/t16-,19?/m0/s1. The molecule has 1 aliphatic carbocycles. The zero-order chi connectivity index (χ0) is 13.8. The van der Waals surface area contributed by atoms with Crippen molar-refractivity contribution >= 4 is 0 Å². The van der Waals surface area contributed by atoms with E-state index in [4.69, 9.17) is 0 Å². The molecule has 0 N–H and O–H groups in total. The second kappa shape index (κ2) is 6.76. The number of piperidine rings is 1. The summed E-state index contributed by atoms with van der Waals surface area (Å²) in [5.74, 6) is 0.938. The van der Waals surface area contributed by atoms with Crippen LogP contribution in [0.3, 0.4) is 0 Å². The van der Waals surface area contributed by atoms with Gasteiger partial charge in [-0.15, -0.1) is 0 Å². The molecule has 0 bridgehead atoms. The van der Waals surface area contributed by atoms with Crippen LogP contribution >= 0.6 is 0 Å². The van der Waals surface area contributed by atoms with E-state index in [1.54, 1.807) is 0 Å². The molecule has 1 heteroatoms. The molecule has 0 aromatic heterocycles. The third-order valence-corrected chi connectivity index (χ3v) is 5.58. The predicted molar refractivity (Wildman–Crippen MR) is 85.8 cm³/mol. The number of likely N-dealkylation sites (tertiary alicyclic amines) is 1. The van der Waals surface area contributed by atoms with Crippen LogP contribution in [0.4, 0.5) is 0 Å². The van der Waals surface area contributed by atoms with Gasteiger partial charge in [0.15, 0.2) is 0 Å². The number of hydrogen-bond donors (Lipinski definition) is 0. The normalized spacial score (nSPS) is 27.4. The van der Waals surface area contributed by atoms with E-state index in [9.17, 15) is 0 Å². The fraction of sp³-hybridized carbons (Fsp3) is 0.684. The lowest BCUT2D eigenvalue weighted by molar-refractivity contribution is 0.0576. The summed E-state index contributed by atoms with van der Waals surface area (Å²) >= 11 is 0. The van der Waals surface area contributed by atoms with Gasteiger partial charge in [0.1, 0.15) is 0 Å². The maximum absolute atomic E-state index is 2.83. The van der Waals surface area contributed by atoms with Gasteiger partial charge in [-0.2, -0.15) is 0 Å². The molecular weight excluding hydrogens is 242 g/mol. The van der Waals surface area contributed by atoms with Crippen LogP contribution in [0.2, 0.25) is 0 Å². The van der Waals surface area contributed by atoms with Gasteiger partial charge in [-0.05, 0) is 50.6 Å². The van der Waals surface area contributed by atoms with E-state index in [1.165, 1.54) is 63.5 Å². The fourth-order valence-electron chi connectivity index (χ4n) is 4.36. The number of rotatable bonds is 3. The molecule has 1 aromatic rings. The van der Waals surface area contributed by atoms with Crippen LogP contribution in [0.5, 0.6) is 0 Å². The lowest BCUT2D eigenvalue weighted by atomic mass is 9.82. The molecule has 2 atom stereocenters. The highest BCUT2D eigenvalue weighted by molar-refractivity contribution is 5.19. The van der Waals surface area contributed by atoms with Gasteiger partial charge in [0.2, 0.25) is 0 Å². The van der Waals surface area contributed by atoms with Gasteiger partial charge in [0, 0.05) is 12.1 Å². The van der Waals surface area contributed by atoms with Crippen molar-refractivity contribution < 1.29 is 0 Å². The molecule has 110 valence electrons. The minimum absolute atomic E-state index is 0.668. The minimum atomic E-state index is 0.668. The van der Waals surface area contributed by atoms with Crippen LogP contribution in [0.25, 0.3) is 0 Å². The highest BCUT2D eigenvalue weighted by atomic mass is 15.2. The summed E-state index contributed by atoms with van der Waals surface area (Å²) in [5, 5.41) is 0. The summed E-state index contributed by atoms with van der Waals surface area (Å²) in [5.41, 5.74) is 1.54. The van der Waals surface area contributed by atoms with Crippen LogP contribution in [0.1, 0.15) is 69.9 Å². The van der Waals surface area contributed by atoms with Gasteiger partial charge in [-0.3, -0.25) is 4.90 Å². The average molecular weight is 271 g/mol. The van der Waals surface area contributed by atoms with E-state index in [0.29, 0.717) is 6.04 Å². The first-order chi connectivity index (χ1) is 9.86. The van der Waals surface area contributed by atoms with E-state index >= 15 is 0 Å². The van der Waals surface area contributed by atoms with Gasteiger partial charge >= 0.3 is 0 Å². The molecule has 1 nitrogen and oxygen atoms in total. The molecule has 2 fully saturated rings. The lowest BCUT2D eigenvalue weighted by Gasteiger charge is -2.44. The molecule has 0 radical (unpaired) electrons. The quantitative estimate of drug-likeness (QED) is 0.732. The first-order valence-corrected chi connectivity index (χ1v) is 8.67. The van der Waals surface area contributed by atoms with Crippen LogP contribution in [0, 0.1) is 5.92 Å². The summed E-state index contributed by atoms with van der Waals surface area (Å²) in [6, 6.07) is 12.6. The Kier molecular flexibility index (Phi) is 4.77. The molecule has 1 aromatic carbocycles. The van der Waals surface area contributed by atoms with Crippen molar-refractivity contribution in [2.24, 2.45) is 5.92 Å². The Morgan fingerprint density at radius 1 is 0.900 bits per heavy atom. The van der Waals surface area contributed by atoms with Crippen molar-refractivity contribution in [1.29, 1.82) is 0 Å². The largest absolute Gasteiger partial charge is 0.293 e. The zero-order valence-electron chi connectivity index (χ0n) is 12.9. The molecule has 2 aliphatic rings. The second-order valence-corrected chi connectivity index (χ2v) is 6.80. The number of nitrogens with zero attached hydrogens (tertiary/aromatic N) is 1. The monoisotopic (exact) mass is 271 g/mol. The summed E-state index contributed by atoms with van der Waals surface area (Å²) in [6.07, 6.45) is 11.4. The molecule has 1 saturated carbocycles. The summed E-state index contributed by atoms with van der Waals surface area (Å²) in [6.45, 7) is 3.80. The van der Waals surface area contributed by atoms with Crippen molar-refractivity contribution in [2.75, 3.05) is 6.54 Å². The van der Waals surface area contributed by atoms with Crippen LogP contribution in [-0.4, -0.2) is 17.5 Å². The Morgan fingerprint density at radius 3 is 2.35 bits per heavy atom. The molecule has 1 heterocycles. The Balaban J connectivity index is 1.74. The highest BCUT2D eigenvalue weighted by Crippen LogP contribution is 2.37. The number of benzene rings is 1. The smallest absolute Gasteiger partial charge is 0.0351 e. The van der Waals surface area contributed by atoms with Crippen molar-refractivity contribution in [1.82, 2.24) is 4.90 Å². The highest BCUT2D eigenvalue weighted by Gasteiger charge is 2.32. The van der Waals surface area contributed by atoms with Crippen molar-refractivity contribution in [2.45, 2.75) is 70.4 Å². The van der Waals surface area contributed by atoms with Crippen molar-refractivity contribution in [3.63, 3.8) is 0 Å². The molecule has 3 rings (SSSR count). The topological polar surface area (TPSA) is 3.24 Å². The Morgan fingerprint density at radius 2 is 1.60 bits per heavy atom. The second-order valence-electron chi connectivity index (χ2n) is 6.80. The van der Waals surface area contributed by atoms with Crippen molar-refractivity contribution in [3.8, 4) is 0 Å². The maximum atomic E-state index is 2.83. The Labute approximate surface area is 124 Å². The molecule has 0 spiro atoms. The first kappa shape index (κ1) is 14.1. The minimum Gasteiger partial charge on any atom is -0.293 e. The van der Waals surface area contributed by atoms with Crippen LogP contribution in [0.15, 0.2) is 30.3 Å².